The van der Waals surface area contributed by atoms with E-state index >= 15 is 0 Å². The first-order chi connectivity index (χ1) is 12.0. The van der Waals surface area contributed by atoms with Gasteiger partial charge in [-0.05, 0) is 32.4 Å². The molecule has 0 aliphatic carbocycles. The normalized spacial score (nSPS) is 12.0. The second-order valence-corrected chi connectivity index (χ2v) is 9.29. The molecule has 2 rings (SSSR count). The Bertz CT molecular complexity index is 733. The first-order valence-corrected chi connectivity index (χ1v) is 10.7. The smallest absolute Gasteiger partial charge is 0.237 e. The number of aromatic nitrogens is 2. The third kappa shape index (κ3) is 6.13. The Morgan fingerprint density at radius 1 is 1.24 bits per heavy atom. The number of anilines is 1. The zero-order chi connectivity index (χ0) is 18.2. The van der Waals surface area contributed by atoms with E-state index in [1.807, 2.05) is 6.92 Å². The lowest BCUT2D eigenvalue weighted by Crippen LogP contribution is -2.23. The molecule has 25 heavy (non-hydrogen) atoms. The van der Waals surface area contributed by atoms with Gasteiger partial charge in [0.1, 0.15) is 0 Å². The molecule has 1 aromatic heterocycles. The molecule has 0 spiro atoms. The third-order valence-electron chi connectivity index (χ3n) is 3.32. The summed E-state index contributed by atoms with van der Waals surface area (Å²) in [7, 11) is 0. The van der Waals surface area contributed by atoms with Gasteiger partial charge in [-0.3, -0.25) is 9.59 Å². The SMILES string of the molecule is CCCCSc1nnc(SC(C)C(=O)Nc2ccccc2C(C)=O)s1. The van der Waals surface area contributed by atoms with E-state index in [-0.39, 0.29) is 16.9 Å². The van der Waals surface area contributed by atoms with Crippen molar-refractivity contribution in [2.75, 3.05) is 11.1 Å². The van der Waals surface area contributed by atoms with Crippen LogP contribution >= 0.6 is 34.9 Å². The molecule has 0 aliphatic heterocycles. The summed E-state index contributed by atoms with van der Waals surface area (Å²) in [5.74, 6) is 0.802. The number of thioether (sulfide) groups is 2. The van der Waals surface area contributed by atoms with Gasteiger partial charge >= 0.3 is 0 Å². The fourth-order valence-corrected chi connectivity index (χ4v) is 5.26. The van der Waals surface area contributed by atoms with Crippen LogP contribution in [0.3, 0.4) is 0 Å². The summed E-state index contributed by atoms with van der Waals surface area (Å²) < 4.78 is 1.71. The molecule has 0 aliphatic rings. The van der Waals surface area contributed by atoms with Gasteiger partial charge in [-0.15, -0.1) is 10.2 Å². The van der Waals surface area contributed by atoms with Crippen molar-refractivity contribution < 1.29 is 9.59 Å². The molecule has 2 aromatic rings. The van der Waals surface area contributed by atoms with E-state index in [9.17, 15) is 9.59 Å². The third-order valence-corrected chi connectivity index (χ3v) is 6.65. The molecule has 1 atom stereocenters. The predicted molar refractivity (Wildman–Crippen MR) is 106 cm³/mol. The van der Waals surface area contributed by atoms with Gasteiger partial charge in [-0.25, -0.2) is 0 Å². The largest absolute Gasteiger partial charge is 0.324 e. The lowest BCUT2D eigenvalue weighted by atomic mass is 10.1. The maximum Gasteiger partial charge on any atom is 0.237 e. The van der Waals surface area contributed by atoms with Crippen LogP contribution in [0.4, 0.5) is 5.69 Å². The quantitative estimate of drug-likeness (QED) is 0.375. The molecule has 1 amide bonds. The Labute approximate surface area is 160 Å². The molecular formula is C17H21N3O2S3. The number of unbranched alkanes of at least 4 members (excludes halogenated alkanes) is 1. The fraction of sp³-hybridized carbons (Fsp3) is 0.412. The Kier molecular flexibility index (Phi) is 7.92. The number of nitrogens with one attached hydrogen (secondary N) is 1. The summed E-state index contributed by atoms with van der Waals surface area (Å²) in [5, 5.41) is 10.8. The van der Waals surface area contributed by atoms with E-state index in [1.165, 1.54) is 30.0 Å². The molecule has 0 saturated carbocycles. The van der Waals surface area contributed by atoms with E-state index < -0.39 is 0 Å². The number of nitrogens with zero attached hydrogens (tertiary/aromatic N) is 2. The maximum absolute atomic E-state index is 12.4. The van der Waals surface area contributed by atoms with E-state index in [2.05, 4.69) is 22.4 Å². The van der Waals surface area contributed by atoms with Crippen LogP contribution in [0.1, 0.15) is 44.0 Å². The molecule has 1 heterocycles. The molecule has 1 unspecified atom stereocenters. The maximum atomic E-state index is 12.4. The lowest BCUT2D eigenvalue weighted by Gasteiger charge is -2.12. The van der Waals surface area contributed by atoms with E-state index in [1.54, 1.807) is 36.0 Å². The van der Waals surface area contributed by atoms with Crippen molar-refractivity contribution in [1.29, 1.82) is 0 Å². The molecule has 0 saturated heterocycles. The van der Waals surface area contributed by atoms with Gasteiger partial charge in [0, 0.05) is 11.3 Å². The summed E-state index contributed by atoms with van der Waals surface area (Å²) in [4.78, 5) is 24.1. The number of ketones is 1. The van der Waals surface area contributed by atoms with Crippen LogP contribution in [0, 0.1) is 0 Å². The molecule has 0 bridgehead atoms. The van der Waals surface area contributed by atoms with Crippen LogP contribution in [-0.2, 0) is 4.79 Å². The monoisotopic (exact) mass is 395 g/mol. The Morgan fingerprint density at radius 3 is 2.68 bits per heavy atom. The number of hydrogen-bond donors (Lipinski definition) is 1. The first-order valence-electron chi connectivity index (χ1n) is 8.05. The highest BCUT2D eigenvalue weighted by Crippen LogP contribution is 2.32. The van der Waals surface area contributed by atoms with Crippen molar-refractivity contribution in [3.63, 3.8) is 0 Å². The molecule has 134 valence electrons. The van der Waals surface area contributed by atoms with Crippen LogP contribution < -0.4 is 5.32 Å². The van der Waals surface area contributed by atoms with Crippen molar-refractivity contribution in [1.82, 2.24) is 10.2 Å². The number of amides is 1. The van der Waals surface area contributed by atoms with Crippen molar-refractivity contribution in [3.8, 4) is 0 Å². The van der Waals surface area contributed by atoms with Crippen molar-refractivity contribution in [2.24, 2.45) is 0 Å². The zero-order valence-corrected chi connectivity index (χ0v) is 16.9. The van der Waals surface area contributed by atoms with Gasteiger partial charge in [-0.2, -0.15) is 0 Å². The second kappa shape index (κ2) is 9.94. The van der Waals surface area contributed by atoms with E-state index in [0.29, 0.717) is 11.3 Å². The second-order valence-electron chi connectivity index (χ2n) is 5.39. The summed E-state index contributed by atoms with van der Waals surface area (Å²) in [6.45, 7) is 5.47. The fourth-order valence-electron chi connectivity index (χ4n) is 1.95. The minimum absolute atomic E-state index is 0.0749. The molecule has 1 N–H and O–H groups in total. The Balaban J connectivity index is 1.93. The predicted octanol–water partition coefficient (Wildman–Crippen LogP) is 4.75. The molecular weight excluding hydrogens is 374 g/mol. The standard InChI is InChI=1S/C17H21N3O2S3/c1-4-5-10-23-16-19-20-17(25-16)24-12(3)15(22)18-14-9-7-6-8-13(14)11(2)21/h6-9,12H,4-5,10H2,1-3H3,(H,18,22). The Morgan fingerprint density at radius 2 is 1.96 bits per heavy atom. The highest BCUT2D eigenvalue weighted by Gasteiger charge is 2.19. The number of carbonyl (C=O) groups excluding carboxylic acids is 2. The lowest BCUT2D eigenvalue weighted by molar-refractivity contribution is -0.115. The number of benzene rings is 1. The highest BCUT2D eigenvalue weighted by molar-refractivity contribution is 8.03. The van der Waals surface area contributed by atoms with Gasteiger partial charge in [0.2, 0.25) is 5.91 Å². The number of rotatable bonds is 9. The summed E-state index contributed by atoms with van der Waals surface area (Å²) in [6.07, 6.45) is 2.31. The van der Waals surface area contributed by atoms with Crippen molar-refractivity contribution in [2.45, 2.75) is 47.5 Å². The minimum atomic E-state index is -0.332. The molecule has 0 fully saturated rings. The molecule has 1 aromatic carbocycles. The number of hydrogen-bond acceptors (Lipinski definition) is 7. The van der Waals surface area contributed by atoms with Gasteiger partial charge in [0.15, 0.2) is 14.5 Å². The van der Waals surface area contributed by atoms with Crippen molar-refractivity contribution >= 4 is 52.2 Å². The summed E-state index contributed by atoms with van der Waals surface area (Å²) in [5.41, 5.74) is 1.05. The topological polar surface area (TPSA) is 72.0 Å². The Hall–Kier alpha value is -1.38. The average molecular weight is 396 g/mol. The zero-order valence-electron chi connectivity index (χ0n) is 14.4. The van der Waals surface area contributed by atoms with Crippen LogP contribution in [0.15, 0.2) is 32.9 Å². The number of Topliss-reactive ketones (excluding diaryl/α,β-unsaturated/α-hetero) is 1. The van der Waals surface area contributed by atoms with Crippen LogP contribution in [0.2, 0.25) is 0 Å². The highest BCUT2D eigenvalue weighted by atomic mass is 32.2. The summed E-state index contributed by atoms with van der Waals surface area (Å²) >= 11 is 4.60. The van der Waals surface area contributed by atoms with Crippen molar-refractivity contribution in [3.05, 3.63) is 29.8 Å². The first kappa shape index (κ1) is 19.9. The van der Waals surface area contributed by atoms with Crippen LogP contribution in [0.25, 0.3) is 0 Å². The minimum Gasteiger partial charge on any atom is -0.324 e. The number of para-hydroxylation sites is 1. The summed E-state index contributed by atoms with van der Waals surface area (Å²) in [6, 6.07) is 7.02. The van der Waals surface area contributed by atoms with Gasteiger partial charge in [-0.1, -0.05) is 60.3 Å². The van der Waals surface area contributed by atoms with E-state index in [0.717, 1.165) is 27.3 Å². The average Bonchev–Trinajstić information content (AvgIpc) is 3.02. The van der Waals surface area contributed by atoms with Gasteiger partial charge in [0.25, 0.3) is 0 Å². The van der Waals surface area contributed by atoms with Crippen LogP contribution in [-0.4, -0.2) is 32.9 Å². The molecule has 8 heteroatoms. The van der Waals surface area contributed by atoms with E-state index in [4.69, 9.17) is 0 Å². The van der Waals surface area contributed by atoms with Gasteiger partial charge < -0.3 is 5.32 Å². The number of carbonyl (C=O) groups is 2. The van der Waals surface area contributed by atoms with Crippen LogP contribution in [0.5, 0.6) is 0 Å². The molecule has 5 nitrogen and oxygen atoms in total. The molecule has 0 radical (unpaired) electrons. The van der Waals surface area contributed by atoms with Gasteiger partial charge in [0.05, 0.1) is 10.9 Å².